The highest BCUT2D eigenvalue weighted by atomic mass is 19.4. The van der Waals surface area contributed by atoms with Gasteiger partial charge < -0.3 is 0 Å². The van der Waals surface area contributed by atoms with Gasteiger partial charge in [0.2, 0.25) is 0 Å². The second kappa shape index (κ2) is 5.47. The average molecular weight is 281 g/mol. The molecule has 2 unspecified atom stereocenters. The third kappa shape index (κ3) is 3.33. The maximum atomic E-state index is 12.7. The van der Waals surface area contributed by atoms with Crippen LogP contribution in [0.2, 0.25) is 0 Å². The van der Waals surface area contributed by atoms with Crippen LogP contribution < -0.4 is 0 Å². The molecule has 0 radical (unpaired) electrons. The molecule has 1 saturated carbocycles. The Hall–Kier alpha value is -1.50. The predicted octanol–water partition coefficient (Wildman–Crippen LogP) is 4.97. The van der Waals surface area contributed by atoms with Crippen molar-refractivity contribution in [1.29, 1.82) is 5.26 Å². The first kappa shape index (κ1) is 14.9. The molecule has 1 aromatic carbocycles. The SMILES string of the molecule is CC1CCCC(C#N)(Cc2cccc(C(F)(F)F)c2)C1. The van der Waals surface area contributed by atoms with Crippen molar-refractivity contribution in [1.82, 2.24) is 0 Å². The minimum absolute atomic E-state index is 0.414. The molecule has 0 N–H and O–H groups in total. The van der Waals surface area contributed by atoms with E-state index in [4.69, 9.17) is 0 Å². The Morgan fingerprint density at radius 3 is 2.75 bits per heavy atom. The van der Waals surface area contributed by atoms with Gasteiger partial charge in [-0.15, -0.1) is 0 Å². The van der Waals surface area contributed by atoms with E-state index >= 15 is 0 Å². The van der Waals surface area contributed by atoms with Gasteiger partial charge in [-0.2, -0.15) is 18.4 Å². The lowest BCUT2D eigenvalue weighted by atomic mass is 9.68. The molecule has 20 heavy (non-hydrogen) atoms. The first-order chi connectivity index (χ1) is 9.35. The van der Waals surface area contributed by atoms with Crippen LogP contribution in [0, 0.1) is 22.7 Å². The summed E-state index contributed by atoms with van der Waals surface area (Å²) in [6.07, 6.45) is -0.267. The molecule has 1 fully saturated rings. The van der Waals surface area contributed by atoms with Crippen molar-refractivity contribution >= 4 is 0 Å². The van der Waals surface area contributed by atoms with Crippen molar-refractivity contribution in [3.8, 4) is 6.07 Å². The second-order valence-electron chi connectivity index (χ2n) is 5.97. The average Bonchev–Trinajstić information content (AvgIpc) is 2.38. The van der Waals surface area contributed by atoms with Crippen molar-refractivity contribution in [3.05, 3.63) is 35.4 Å². The highest BCUT2D eigenvalue weighted by Crippen LogP contribution is 2.42. The van der Waals surface area contributed by atoms with Gasteiger partial charge in [-0.05, 0) is 36.8 Å². The minimum Gasteiger partial charge on any atom is -0.198 e. The van der Waals surface area contributed by atoms with Crippen LogP contribution in [0.5, 0.6) is 0 Å². The Morgan fingerprint density at radius 2 is 2.15 bits per heavy atom. The lowest BCUT2D eigenvalue weighted by Crippen LogP contribution is -2.28. The van der Waals surface area contributed by atoms with Crippen LogP contribution in [-0.2, 0) is 12.6 Å². The molecule has 108 valence electrons. The smallest absolute Gasteiger partial charge is 0.198 e. The molecule has 1 nitrogen and oxygen atoms in total. The number of halogens is 3. The molecule has 4 heteroatoms. The van der Waals surface area contributed by atoms with Gasteiger partial charge in [0.1, 0.15) is 0 Å². The summed E-state index contributed by atoms with van der Waals surface area (Å²) in [7, 11) is 0. The molecule has 0 aliphatic heterocycles. The summed E-state index contributed by atoms with van der Waals surface area (Å²) in [6, 6.07) is 7.74. The number of nitriles is 1. The van der Waals surface area contributed by atoms with Gasteiger partial charge in [0.05, 0.1) is 17.0 Å². The standard InChI is InChI=1S/C16H18F3N/c1-12-4-3-7-15(9-12,11-20)10-13-5-2-6-14(8-13)16(17,18)19/h2,5-6,8,12H,3-4,7,9-10H2,1H3. The van der Waals surface area contributed by atoms with E-state index < -0.39 is 17.2 Å². The number of hydrogen-bond acceptors (Lipinski definition) is 1. The normalized spacial score (nSPS) is 27.1. The summed E-state index contributed by atoms with van der Waals surface area (Å²) < 4.78 is 38.2. The summed E-state index contributed by atoms with van der Waals surface area (Å²) in [6.45, 7) is 2.11. The lowest BCUT2D eigenvalue weighted by molar-refractivity contribution is -0.137. The monoisotopic (exact) mass is 281 g/mol. The van der Waals surface area contributed by atoms with Gasteiger partial charge in [-0.25, -0.2) is 0 Å². The van der Waals surface area contributed by atoms with E-state index in [1.807, 2.05) is 0 Å². The molecule has 0 aromatic heterocycles. The molecule has 1 aromatic rings. The number of rotatable bonds is 2. The van der Waals surface area contributed by atoms with Gasteiger partial charge >= 0.3 is 6.18 Å². The fourth-order valence-electron chi connectivity index (χ4n) is 3.21. The maximum absolute atomic E-state index is 12.7. The zero-order chi connectivity index (χ0) is 14.8. The summed E-state index contributed by atoms with van der Waals surface area (Å²) in [5.74, 6) is 0.467. The first-order valence-corrected chi connectivity index (χ1v) is 6.92. The third-order valence-electron chi connectivity index (χ3n) is 4.13. The van der Waals surface area contributed by atoms with Gasteiger partial charge in [-0.3, -0.25) is 0 Å². The van der Waals surface area contributed by atoms with Gasteiger partial charge in [0.15, 0.2) is 0 Å². The van der Waals surface area contributed by atoms with E-state index in [1.54, 1.807) is 6.07 Å². The van der Waals surface area contributed by atoms with Gasteiger partial charge in [-0.1, -0.05) is 38.0 Å². The van der Waals surface area contributed by atoms with Crippen LogP contribution in [0.3, 0.4) is 0 Å². The fraction of sp³-hybridized carbons (Fsp3) is 0.562. The third-order valence-corrected chi connectivity index (χ3v) is 4.13. The van der Waals surface area contributed by atoms with Crippen molar-refractivity contribution < 1.29 is 13.2 Å². The summed E-state index contributed by atoms with van der Waals surface area (Å²) >= 11 is 0. The number of alkyl halides is 3. The van der Waals surface area contributed by atoms with E-state index in [-0.39, 0.29) is 0 Å². The zero-order valence-electron chi connectivity index (χ0n) is 11.5. The molecule has 0 spiro atoms. The zero-order valence-corrected chi connectivity index (χ0v) is 11.5. The van der Waals surface area contributed by atoms with E-state index in [0.717, 1.165) is 31.7 Å². The number of benzene rings is 1. The largest absolute Gasteiger partial charge is 0.416 e. The van der Waals surface area contributed by atoms with Crippen LogP contribution in [0.4, 0.5) is 13.2 Å². The first-order valence-electron chi connectivity index (χ1n) is 6.92. The van der Waals surface area contributed by atoms with Crippen LogP contribution in [-0.4, -0.2) is 0 Å². The molecule has 1 aliphatic rings. The molecule has 2 atom stereocenters. The maximum Gasteiger partial charge on any atom is 0.416 e. The minimum atomic E-state index is -4.32. The highest BCUT2D eigenvalue weighted by molar-refractivity contribution is 5.28. The summed E-state index contributed by atoms with van der Waals surface area (Å²) in [4.78, 5) is 0. The number of hydrogen-bond donors (Lipinski definition) is 0. The lowest BCUT2D eigenvalue weighted by Gasteiger charge is -2.34. The van der Waals surface area contributed by atoms with Crippen molar-refractivity contribution in [2.24, 2.45) is 11.3 Å². The van der Waals surface area contributed by atoms with Gasteiger partial charge in [0.25, 0.3) is 0 Å². The molecule has 0 bridgehead atoms. The number of nitrogens with zero attached hydrogens (tertiary/aromatic N) is 1. The summed E-state index contributed by atoms with van der Waals surface area (Å²) in [5, 5.41) is 9.48. The van der Waals surface area contributed by atoms with Crippen LogP contribution in [0.25, 0.3) is 0 Å². The van der Waals surface area contributed by atoms with Gasteiger partial charge in [0, 0.05) is 0 Å². The highest BCUT2D eigenvalue weighted by Gasteiger charge is 2.36. The second-order valence-corrected chi connectivity index (χ2v) is 5.97. The molecular weight excluding hydrogens is 263 g/mol. The molecule has 1 aliphatic carbocycles. The Morgan fingerprint density at radius 1 is 1.40 bits per heavy atom. The predicted molar refractivity (Wildman–Crippen MR) is 70.8 cm³/mol. The van der Waals surface area contributed by atoms with Crippen LogP contribution >= 0.6 is 0 Å². The fourth-order valence-corrected chi connectivity index (χ4v) is 3.21. The Labute approximate surface area is 117 Å². The van der Waals surface area contributed by atoms with Crippen molar-refractivity contribution in [3.63, 3.8) is 0 Å². The molecule has 0 saturated heterocycles. The Balaban J connectivity index is 2.22. The molecular formula is C16H18F3N. The molecule has 0 heterocycles. The van der Waals surface area contributed by atoms with Crippen molar-refractivity contribution in [2.45, 2.75) is 45.2 Å². The molecule has 2 rings (SSSR count). The Bertz CT molecular complexity index is 515. The topological polar surface area (TPSA) is 23.8 Å². The van der Waals surface area contributed by atoms with Crippen LogP contribution in [0.1, 0.15) is 43.7 Å². The van der Waals surface area contributed by atoms with E-state index in [9.17, 15) is 18.4 Å². The molecule has 0 amide bonds. The van der Waals surface area contributed by atoms with Crippen LogP contribution in [0.15, 0.2) is 24.3 Å². The Kier molecular flexibility index (Phi) is 4.08. The quantitative estimate of drug-likeness (QED) is 0.751. The van der Waals surface area contributed by atoms with Crippen molar-refractivity contribution in [2.75, 3.05) is 0 Å². The van der Waals surface area contributed by atoms with E-state index in [2.05, 4.69) is 13.0 Å². The van der Waals surface area contributed by atoms with E-state index in [0.29, 0.717) is 17.9 Å². The summed E-state index contributed by atoms with van der Waals surface area (Å²) in [5.41, 5.74) is -0.524. The van der Waals surface area contributed by atoms with E-state index in [1.165, 1.54) is 12.1 Å².